The van der Waals surface area contributed by atoms with Crippen LogP contribution in [-0.4, -0.2) is 54.6 Å². The number of alkyl halides is 2. The van der Waals surface area contributed by atoms with Gasteiger partial charge in [-0.1, -0.05) is 62.7 Å². The van der Waals surface area contributed by atoms with Crippen LogP contribution in [0.2, 0.25) is 5.02 Å². The molecule has 0 unspecified atom stereocenters. The van der Waals surface area contributed by atoms with E-state index in [2.05, 4.69) is 20.8 Å². The first-order valence-electron chi connectivity index (χ1n) is 15.9. The van der Waals surface area contributed by atoms with E-state index in [-0.39, 0.29) is 24.5 Å². The van der Waals surface area contributed by atoms with Gasteiger partial charge in [0.1, 0.15) is 18.2 Å². The predicted molar refractivity (Wildman–Crippen MR) is 181 cm³/mol. The molecular weight excluding hydrogens is 668 g/mol. The van der Waals surface area contributed by atoms with Gasteiger partial charge in [0.25, 0.3) is 5.91 Å². The molecule has 4 aromatic rings. The second kappa shape index (κ2) is 12.9. The van der Waals surface area contributed by atoms with Crippen molar-refractivity contribution in [3.63, 3.8) is 0 Å². The van der Waals surface area contributed by atoms with Gasteiger partial charge in [0, 0.05) is 23.5 Å². The Balaban J connectivity index is 1.39. The molecule has 2 atom stereocenters. The minimum Gasteiger partial charge on any atom is -0.447 e. The van der Waals surface area contributed by atoms with E-state index in [4.69, 9.17) is 21.7 Å². The first-order chi connectivity index (χ1) is 23.6. The molecule has 1 saturated heterocycles. The number of rotatable bonds is 10. The van der Waals surface area contributed by atoms with Crippen molar-refractivity contribution in [2.45, 2.75) is 70.6 Å². The third-order valence-corrected chi connectivity index (χ3v) is 9.19. The first-order valence-corrected chi connectivity index (χ1v) is 16.3. The monoisotopic (exact) mass is 703 g/mol. The van der Waals surface area contributed by atoms with Crippen LogP contribution in [0.25, 0.3) is 16.8 Å². The highest BCUT2D eigenvalue weighted by molar-refractivity contribution is 6.32. The molecule has 0 bridgehead atoms. The third-order valence-electron chi connectivity index (χ3n) is 8.87. The molecule has 2 aromatic heterocycles. The van der Waals surface area contributed by atoms with Crippen LogP contribution in [0.15, 0.2) is 67.3 Å². The molecule has 1 aliphatic heterocycles. The van der Waals surface area contributed by atoms with Crippen LogP contribution in [0.3, 0.4) is 0 Å². The lowest BCUT2D eigenvalue weighted by Crippen LogP contribution is -2.47. The summed E-state index contributed by atoms with van der Waals surface area (Å²) in [5.41, 5.74) is 0.750. The van der Waals surface area contributed by atoms with E-state index in [0.717, 1.165) is 12.8 Å². The molecular formula is C35H36ClF2N9O3. The van der Waals surface area contributed by atoms with E-state index in [1.54, 1.807) is 42.5 Å². The Morgan fingerprint density at radius 1 is 1.14 bits per heavy atom. The number of alkyl carbamates (subject to hydrolysis) is 1. The molecule has 3 heterocycles. The van der Waals surface area contributed by atoms with E-state index in [9.17, 15) is 23.6 Å². The van der Waals surface area contributed by atoms with Crippen LogP contribution in [0.1, 0.15) is 76.2 Å². The predicted octanol–water partition coefficient (Wildman–Crippen LogP) is 6.67. The summed E-state index contributed by atoms with van der Waals surface area (Å²) in [4.78, 5) is 29.1. The zero-order valence-electron chi connectivity index (χ0n) is 27.9. The summed E-state index contributed by atoms with van der Waals surface area (Å²) < 4.78 is 34.1. The average Bonchev–Trinajstić information content (AvgIpc) is 3.42. The lowest BCUT2D eigenvalue weighted by Gasteiger charge is -2.35. The zero-order chi connectivity index (χ0) is 36.0. The van der Waals surface area contributed by atoms with Crippen molar-refractivity contribution in [3.05, 3.63) is 89.0 Å². The van der Waals surface area contributed by atoms with Crippen molar-refractivity contribution < 1.29 is 23.1 Å². The Hall–Kier alpha value is -5.29. The van der Waals surface area contributed by atoms with Gasteiger partial charge in [-0.3, -0.25) is 15.1 Å². The van der Waals surface area contributed by atoms with Gasteiger partial charge < -0.3 is 15.4 Å². The molecule has 2 amide bonds. The molecule has 2 fully saturated rings. The highest BCUT2D eigenvalue weighted by Gasteiger charge is 2.54. The molecule has 260 valence electrons. The van der Waals surface area contributed by atoms with Crippen molar-refractivity contribution in [2.24, 2.45) is 5.41 Å². The number of guanidine groups is 1. The summed E-state index contributed by atoms with van der Waals surface area (Å²) >= 11 is 6.57. The van der Waals surface area contributed by atoms with E-state index in [1.807, 2.05) is 33.8 Å². The topological polar surface area (TPSA) is 154 Å². The highest BCUT2D eigenvalue weighted by Crippen LogP contribution is 2.43. The maximum atomic E-state index is 14.9. The number of carbonyl (C=O) groups is 2. The highest BCUT2D eigenvalue weighted by atomic mass is 35.5. The van der Waals surface area contributed by atoms with E-state index in [1.165, 1.54) is 34.4 Å². The minimum atomic E-state index is -2.78. The maximum Gasteiger partial charge on any atom is 0.407 e. The number of benzene rings is 2. The molecule has 0 radical (unpaired) electrons. The van der Waals surface area contributed by atoms with Crippen LogP contribution in [0.5, 0.6) is 0 Å². The summed E-state index contributed by atoms with van der Waals surface area (Å²) in [5, 5.41) is 32.8. The number of hydrogen-bond donors (Lipinski definition) is 3. The Bertz CT molecular complexity index is 1990. The van der Waals surface area contributed by atoms with Crippen molar-refractivity contribution in [1.82, 2.24) is 35.1 Å². The van der Waals surface area contributed by atoms with Gasteiger partial charge >= 0.3 is 12.6 Å². The SMILES string of the molecule is CC(C)(C)C[C@]1(c2ccc(-c3cnn(C(F)F)c3)cc2)NC(=N)N([C@H](COC(=O)NC2(C)CC2)c2ccc(Cl)c(-n3cc(C#N)cn3)c2)C1=O. The fourth-order valence-corrected chi connectivity index (χ4v) is 6.37. The fraction of sp³-hybridized carbons (Fsp3) is 0.371. The normalized spacial score (nSPS) is 18.9. The molecule has 2 aromatic carbocycles. The molecule has 2 aliphatic rings. The average molecular weight is 704 g/mol. The molecule has 1 aliphatic carbocycles. The van der Waals surface area contributed by atoms with Gasteiger partial charge in [-0.05, 0) is 60.4 Å². The molecule has 12 nitrogen and oxygen atoms in total. The van der Waals surface area contributed by atoms with Crippen molar-refractivity contribution in [1.29, 1.82) is 10.7 Å². The molecule has 1 saturated carbocycles. The summed E-state index contributed by atoms with van der Waals surface area (Å²) in [5.74, 6) is -0.645. The van der Waals surface area contributed by atoms with Crippen molar-refractivity contribution in [2.75, 3.05) is 6.61 Å². The zero-order valence-corrected chi connectivity index (χ0v) is 28.6. The summed E-state index contributed by atoms with van der Waals surface area (Å²) in [6.45, 7) is 4.80. The van der Waals surface area contributed by atoms with E-state index < -0.39 is 35.5 Å². The number of carbonyl (C=O) groups excluding carboxylic acids is 2. The smallest absolute Gasteiger partial charge is 0.407 e. The number of ether oxygens (including phenoxy) is 1. The number of aromatic nitrogens is 4. The van der Waals surface area contributed by atoms with Crippen LogP contribution in [0.4, 0.5) is 13.6 Å². The maximum absolute atomic E-state index is 14.9. The number of amides is 2. The Kier molecular flexibility index (Phi) is 8.90. The van der Waals surface area contributed by atoms with Gasteiger partial charge in [-0.2, -0.15) is 24.2 Å². The van der Waals surface area contributed by atoms with E-state index >= 15 is 0 Å². The Morgan fingerprint density at radius 2 is 1.86 bits per heavy atom. The largest absolute Gasteiger partial charge is 0.447 e. The van der Waals surface area contributed by atoms with E-state index in [0.29, 0.717) is 43.2 Å². The number of halogens is 3. The summed E-state index contributed by atoms with van der Waals surface area (Å²) in [6.07, 6.45) is 6.78. The van der Waals surface area contributed by atoms with Gasteiger partial charge in [-0.25, -0.2) is 14.2 Å². The van der Waals surface area contributed by atoms with Gasteiger partial charge in [0.05, 0.1) is 34.7 Å². The quantitative estimate of drug-likeness (QED) is 0.167. The number of nitrogens with one attached hydrogen (secondary N) is 3. The Morgan fingerprint density at radius 3 is 2.46 bits per heavy atom. The minimum absolute atomic E-state index is 0.202. The number of hydrogen-bond acceptors (Lipinski definition) is 7. The molecule has 0 spiro atoms. The fourth-order valence-electron chi connectivity index (χ4n) is 6.17. The second-order valence-electron chi connectivity index (χ2n) is 14.2. The molecule has 50 heavy (non-hydrogen) atoms. The van der Waals surface area contributed by atoms with Crippen LogP contribution in [0, 0.1) is 22.2 Å². The first kappa shape index (κ1) is 34.6. The lowest BCUT2D eigenvalue weighted by atomic mass is 9.75. The second-order valence-corrected chi connectivity index (χ2v) is 14.6. The van der Waals surface area contributed by atoms with Crippen molar-refractivity contribution in [3.8, 4) is 22.9 Å². The van der Waals surface area contributed by atoms with Crippen LogP contribution < -0.4 is 10.6 Å². The standard InChI is InChI=1S/C35H36ClF2N9O3/c1-33(2,3)20-35(25-8-5-22(6-9-25)24-16-42-46(18-24)30(37)38)29(48)47(31(40)43-35)28(19-50-32(49)44-34(4)11-12-34)23-7-10-26(36)27(13-23)45-17-21(14-39)15-41-45/h5-10,13,15-18,28,30H,11-12,19-20H2,1-4H3,(H2,40,43)(H,44,49)/t28-,35-/m1/s1. The lowest BCUT2D eigenvalue weighted by molar-refractivity contribution is -0.134. The number of nitriles is 1. The van der Waals surface area contributed by atoms with Crippen LogP contribution in [-0.2, 0) is 15.1 Å². The number of nitrogens with zero attached hydrogens (tertiary/aromatic N) is 6. The summed E-state index contributed by atoms with van der Waals surface area (Å²) in [6, 6.07) is 13.0. The van der Waals surface area contributed by atoms with Gasteiger partial charge in [-0.15, -0.1) is 0 Å². The van der Waals surface area contributed by atoms with Crippen molar-refractivity contribution >= 4 is 29.6 Å². The molecule has 6 rings (SSSR count). The molecule has 15 heteroatoms. The van der Waals surface area contributed by atoms with Crippen LogP contribution >= 0.6 is 11.6 Å². The summed E-state index contributed by atoms with van der Waals surface area (Å²) in [7, 11) is 0. The Labute approximate surface area is 292 Å². The third kappa shape index (κ3) is 6.91. The molecule has 3 N–H and O–H groups in total. The van der Waals surface area contributed by atoms with Gasteiger partial charge in [0.2, 0.25) is 0 Å². The van der Waals surface area contributed by atoms with Gasteiger partial charge in [0.15, 0.2) is 5.96 Å².